The van der Waals surface area contributed by atoms with Crippen LogP contribution >= 0.6 is 0 Å². The summed E-state index contributed by atoms with van der Waals surface area (Å²) in [4.78, 5) is 27.0. The van der Waals surface area contributed by atoms with E-state index in [1.807, 2.05) is 24.3 Å². The first-order valence-corrected chi connectivity index (χ1v) is 14.7. The molecule has 4 fully saturated rings. The molecule has 0 amide bonds. The lowest BCUT2D eigenvalue weighted by molar-refractivity contribution is -0.0606. The molecule has 3 heterocycles. The van der Waals surface area contributed by atoms with Crippen molar-refractivity contribution in [2.45, 2.75) is 82.0 Å². The molecule has 6 nitrogen and oxygen atoms in total. The van der Waals surface area contributed by atoms with Gasteiger partial charge in [0.05, 0.1) is 17.8 Å². The van der Waals surface area contributed by atoms with Gasteiger partial charge in [-0.3, -0.25) is 4.79 Å². The molecular weight excluding hydrogens is 523 g/mol. The zero-order valence-corrected chi connectivity index (χ0v) is 23.4. The Bertz CT molecular complexity index is 1560. The molecule has 3 aliphatic carbocycles. The molecule has 0 bridgehead atoms. The van der Waals surface area contributed by atoms with E-state index in [4.69, 9.17) is 18.6 Å². The van der Waals surface area contributed by atoms with Crippen LogP contribution in [0, 0.1) is 17.3 Å². The standard InChI is InChI=1S/C34H33FO6/c1-18(2)22-16-25-34(41-25)32(3)15-14-21-26(23(32)17-24-33(34,40-24)29(22)35)28(27(36)19-10-6-4-7-11-19)38-31(21)39-30(37)20-12-8-5-9-13-20/h4-13,18,22-25,29H,14-17H2,1-3H3. The minimum atomic E-state index is -1.09. The van der Waals surface area contributed by atoms with Crippen LogP contribution in [0.2, 0.25) is 0 Å². The molecule has 0 radical (unpaired) electrons. The largest absolute Gasteiger partial charge is 0.421 e. The van der Waals surface area contributed by atoms with E-state index in [0.717, 1.165) is 11.1 Å². The highest BCUT2D eigenvalue weighted by Gasteiger charge is 2.93. The van der Waals surface area contributed by atoms with Crippen LogP contribution in [-0.4, -0.2) is 41.3 Å². The van der Waals surface area contributed by atoms with Crippen molar-refractivity contribution in [3.05, 3.63) is 88.7 Å². The number of benzene rings is 2. The minimum Gasteiger partial charge on any atom is -0.421 e. The normalized spacial score (nSPS) is 37.6. The first-order valence-electron chi connectivity index (χ1n) is 14.7. The Kier molecular flexibility index (Phi) is 5.20. The number of halogens is 1. The summed E-state index contributed by atoms with van der Waals surface area (Å²) in [5, 5.41) is 0. The Balaban J connectivity index is 1.24. The van der Waals surface area contributed by atoms with Crippen LogP contribution in [0.1, 0.15) is 83.6 Å². The highest BCUT2D eigenvalue weighted by molar-refractivity contribution is 6.08. The van der Waals surface area contributed by atoms with Crippen molar-refractivity contribution >= 4 is 11.8 Å². The third-order valence-electron chi connectivity index (χ3n) is 10.9. The van der Waals surface area contributed by atoms with Crippen molar-refractivity contribution in [2.75, 3.05) is 0 Å². The number of carbonyl (C=O) groups is 2. The van der Waals surface area contributed by atoms with Crippen molar-refractivity contribution in [3.8, 4) is 5.95 Å². The van der Waals surface area contributed by atoms with Gasteiger partial charge in [0.15, 0.2) is 11.4 Å². The second-order valence-corrected chi connectivity index (χ2v) is 13.1. The van der Waals surface area contributed by atoms with Crippen LogP contribution in [0.25, 0.3) is 0 Å². The summed E-state index contributed by atoms with van der Waals surface area (Å²) < 4.78 is 41.4. The fourth-order valence-corrected chi connectivity index (χ4v) is 8.86. The summed E-state index contributed by atoms with van der Waals surface area (Å²) in [5.74, 6) is -0.629. The Hall–Kier alpha value is -3.29. The second kappa shape index (κ2) is 8.39. The Labute approximate surface area is 238 Å². The van der Waals surface area contributed by atoms with E-state index >= 15 is 4.39 Å². The number of epoxide rings is 2. The maximum atomic E-state index is 16.4. The Morgan fingerprint density at radius 3 is 2.32 bits per heavy atom. The van der Waals surface area contributed by atoms with E-state index in [0.29, 0.717) is 36.8 Å². The van der Waals surface area contributed by atoms with Crippen LogP contribution in [0.3, 0.4) is 0 Å². The van der Waals surface area contributed by atoms with Gasteiger partial charge in [-0.1, -0.05) is 69.3 Å². The topological polar surface area (TPSA) is 81.6 Å². The molecule has 3 aromatic rings. The number of carbonyl (C=O) groups excluding carboxylic acids is 2. The summed E-state index contributed by atoms with van der Waals surface area (Å²) >= 11 is 0. The van der Waals surface area contributed by atoms with Gasteiger partial charge in [0, 0.05) is 22.1 Å². The molecule has 5 aliphatic rings. The average Bonchev–Trinajstić information content (AvgIpc) is 3.87. The molecule has 212 valence electrons. The molecule has 0 N–H and O–H groups in total. The number of fused-ring (bicyclic) bond motifs is 3. The molecule has 41 heavy (non-hydrogen) atoms. The number of furan rings is 1. The number of hydrogen-bond acceptors (Lipinski definition) is 6. The smallest absolute Gasteiger partial charge is 0.345 e. The SMILES string of the molecule is CC(C)C1CC2OC23C2(C)CCc4c(OC(=O)c5ccccc5)oc(C(=O)c5ccccc5)c4C2CC2OC23C1F. The summed E-state index contributed by atoms with van der Waals surface area (Å²) in [7, 11) is 0. The number of hydrogen-bond donors (Lipinski definition) is 0. The molecule has 2 spiro atoms. The van der Waals surface area contributed by atoms with Crippen LogP contribution < -0.4 is 4.74 Å². The molecule has 8 atom stereocenters. The van der Waals surface area contributed by atoms with Crippen molar-refractivity contribution in [3.63, 3.8) is 0 Å². The third-order valence-corrected chi connectivity index (χ3v) is 10.9. The number of rotatable bonds is 5. The molecule has 2 saturated carbocycles. The molecule has 7 heteroatoms. The van der Waals surface area contributed by atoms with Crippen LogP contribution in [0.5, 0.6) is 5.95 Å². The van der Waals surface area contributed by atoms with Gasteiger partial charge in [-0.05, 0) is 55.6 Å². The number of ether oxygens (including phenoxy) is 3. The van der Waals surface area contributed by atoms with E-state index in [1.165, 1.54) is 0 Å². The van der Waals surface area contributed by atoms with Crippen molar-refractivity contribution in [1.82, 2.24) is 0 Å². The zero-order chi connectivity index (χ0) is 28.3. The van der Waals surface area contributed by atoms with Gasteiger partial charge < -0.3 is 18.6 Å². The average molecular weight is 557 g/mol. The maximum Gasteiger partial charge on any atom is 0.345 e. The van der Waals surface area contributed by atoms with Gasteiger partial charge in [0.2, 0.25) is 5.78 Å². The molecule has 8 rings (SSSR count). The number of alkyl halides is 1. The Morgan fingerprint density at radius 2 is 1.63 bits per heavy atom. The summed E-state index contributed by atoms with van der Waals surface area (Å²) in [6, 6.07) is 17.7. The predicted molar refractivity (Wildman–Crippen MR) is 147 cm³/mol. The second-order valence-electron chi connectivity index (χ2n) is 13.1. The van der Waals surface area contributed by atoms with Gasteiger partial charge in [-0.2, -0.15) is 0 Å². The van der Waals surface area contributed by atoms with E-state index in [-0.39, 0.29) is 47.5 Å². The first kappa shape index (κ1) is 25.4. The highest BCUT2D eigenvalue weighted by Crippen LogP contribution is 2.80. The summed E-state index contributed by atoms with van der Waals surface area (Å²) in [5.41, 5.74) is 0.255. The van der Waals surface area contributed by atoms with Crippen LogP contribution in [-0.2, 0) is 15.9 Å². The van der Waals surface area contributed by atoms with E-state index < -0.39 is 28.8 Å². The predicted octanol–water partition coefficient (Wildman–Crippen LogP) is 6.46. The summed E-state index contributed by atoms with van der Waals surface area (Å²) in [6.45, 7) is 6.33. The van der Waals surface area contributed by atoms with Gasteiger partial charge in [0.1, 0.15) is 11.8 Å². The van der Waals surface area contributed by atoms with Gasteiger partial charge in [0.25, 0.3) is 5.95 Å². The molecule has 2 aliphatic heterocycles. The van der Waals surface area contributed by atoms with Crippen molar-refractivity contribution in [1.29, 1.82) is 0 Å². The van der Waals surface area contributed by atoms with Crippen LogP contribution in [0.4, 0.5) is 4.39 Å². The van der Waals surface area contributed by atoms with E-state index in [9.17, 15) is 9.59 Å². The van der Waals surface area contributed by atoms with Gasteiger partial charge >= 0.3 is 5.97 Å². The number of ketones is 1. The maximum absolute atomic E-state index is 16.4. The monoisotopic (exact) mass is 556 g/mol. The quantitative estimate of drug-likeness (QED) is 0.204. The molecule has 2 saturated heterocycles. The molecular formula is C34H33FO6. The van der Waals surface area contributed by atoms with E-state index in [1.54, 1.807) is 36.4 Å². The lowest BCUT2D eigenvalue weighted by atomic mass is 9.47. The lowest BCUT2D eigenvalue weighted by Gasteiger charge is -2.53. The van der Waals surface area contributed by atoms with Gasteiger partial charge in [-0.25, -0.2) is 9.18 Å². The third kappa shape index (κ3) is 3.14. The fourth-order valence-electron chi connectivity index (χ4n) is 8.86. The lowest BCUT2D eigenvalue weighted by Crippen LogP contribution is -2.65. The highest BCUT2D eigenvalue weighted by atomic mass is 19.1. The minimum absolute atomic E-state index is 0.0707. The summed E-state index contributed by atoms with van der Waals surface area (Å²) in [6.07, 6.45) is 0.985. The van der Waals surface area contributed by atoms with Crippen LogP contribution in [0.15, 0.2) is 65.1 Å². The molecule has 2 aromatic carbocycles. The number of esters is 1. The van der Waals surface area contributed by atoms with Gasteiger partial charge in [-0.15, -0.1) is 0 Å². The molecule has 8 unspecified atom stereocenters. The zero-order valence-electron chi connectivity index (χ0n) is 23.4. The Morgan fingerprint density at radius 1 is 0.951 bits per heavy atom. The van der Waals surface area contributed by atoms with Crippen molar-refractivity contribution in [2.24, 2.45) is 17.3 Å². The van der Waals surface area contributed by atoms with E-state index in [2.05, 4.69) is 20.8 Å². The van der Waals surface area contributed by atoms with Crippen molar-refractivity contribution < 1.29 is 32.6 Å². The first-order chi connectivity index (χ1) is 19.7. The fraction of sp³-hybridized carbons (Fsp3) is 0.471. The molecule has 1 aromatic heterocycles.